The second-order valence-electron chi connectivity index (χ2n) is 10.6. The average molecular weight is 551 g/mol. The molecule has 0 spiro atoms. The van der Waals surface area contributed by atoms with Gasteiger partial charge in [-0.3, -0.25) is 9.69 Å². The molecule has 1 amide bonds. The fraction of sp³-hybridized carbons (Fsp3) is 0.484. The van der Waals surface area contributed by atoms with Crippen molar-refractivity contribution in [3.8, 4) is 17.2 Å². The zero-order chi connectivity index (χ0) is 28.5. The predicted octanol–water partition coefficient (Wildman–Crippen LogP) is 3.71. The quantitative estimate of drug-likeness (QED) is 0.344. The molecule has 2 aromatic carbocycles. The molecular weight excluding hydrogens is 508 g/mol. The standard InChI is InChI=1S/C31H42N4O5/c1-5-30-32-13-15-34(30)14-6-18-39-28-12-9-26(19-29(28)38-4)20-33-16-17-35(25(3)36)22-31(37,21-33)23-40-27-10-7-24(2)8-11-27/h7-13,15,19,37H,5-6,14,16-18,20-23H2,1-4H3. The van der Waals surface area contributed by atoms with E-state index >= 15 is 0 Å². The van der Waals surface area contributed by atoms with Crippen LogP contribution in [0.4, 0.5) is 0 Å². The van der Waals surface area contributed by atoms with E-state index in [0.29, 0.717) is 50.0 Å². The Morgan fingerprint density at radius 2 is 1.88 bits per heavy atom. The first-order valence-electron chi connectivity index (χ1n) is 14.0. The molecule has 4 rings (SSSR count). The van der Waals surface area contributed by atoms with Crippen LogP contribution in [0.5, 0.6) is 17.2 Å². The molecule has 0 saturated carbocycles. The highest BCUT2D eigenvalue weighted by Crippen LogP contribution is 2.29. The molecule has 216 valence electrons. The van der Waals surface area contributed by atoms with Gasteiger partial charge in [-0.1, -0.05) is 30.7 Å². The summed E-state index contributed by atoms with van der Waals surface area (Å²) in [6, 6.07) is 13.7. The van der Waals surface area contributed by atoms with E-state index in [9.17, 15) is 9.90 Å². The van der Waals surface area contributed by atoms with Gasteiger partial charge in [0.25, 0.3) is 0 Å². The van der Waals surface area contributed by atoms with Crippen LogP contribution >= 0.6 is 0 Å². The topological polar surface area (TPSA) is 89.3 Å². The van der Waals surface area contributed by atoms with E-state index in [0.717, 1.165) is 36.3 Å². The van der Waals surface area contributed by atoms with Gasteiger partial charge in [-0.05, 0) is 43.2 Å². The van der Waals surface area contributed by atoms with Gasteiger partial charge in [-0.15, -0.1) is 0 Å². The van der Waals surface area contributed by atoms with Crippen molar-refractivity contribution in [2.24, 2.45) is 0 Å². The van der Waals surface area contributed by atoms with E-state index in [1.165, 1.54) is 0 Å². The van der Waals surface area contributed by atoms with Crippen molar-refractivity contribution in [3.05, 3.63) is 71.8 Å². The highest BCUT2D eigenvalue weighted by molar-refractivity contribution is 5.73. The number of hydrogen-bond acceptors (Lipinski definition) is 7. The normalized spacial score (nSPS) is 17.9. The lowest BCUT2D eigenvalue weighted by molar-refractivity contribution is -0.132. The van der Waals surface area contributed by atoms with Gasteiger partial charge >= 0.3 is 0 Å². The fourth-order valence-electron chi connectivity index (χ4n) is 5.05. The third-order valence-electron chi connectivity index (χ3n) is 7.22. The molecule has 0 aliphatic carbocycles. The number of β-amino-alcohol motifs (C(OH)–C–C–N with tert-alkyl or cyclic N) is 1. The van der Waals surface area contributed by atoms with Crippen molar-refractivity contribution in [2.45, 2.75) is 52.3 Å². The summed E-state index contributed by atoms with van der Waals surface area (Å²) >= 11 is 0. The van der Waals surface area contributed by atoms with Gasteiger partial charge in [0.2, 0.25) is 5.91 Å². The van der Waals surface area contributed by atoms with Crippen LogP contribution in [0.15, 0.2) is 54.9 Å². The number of aryl methyl sites for hydroxylation is 3. The van der Waals surface area contributed by atoms with Crippen molar-refractivity contribution >= 4 is 5.91 Å². The lowest BCUT2D eigenvalue weighted by Crippen LogP contribution is -2.51. The van der Waals surface area contributed by atoms with Gasteiger partial charge < -0.3 is 28.8 Å². The third kappa shape index (κ3) is 7.99. The molecule has 2 heterocycles. The second kappa shape index (κ2) is 13.7. The van der Waals surface area contributed by atoms with Crippen LogP contribution in [0.3, 0.4) is 0 Å². The molecule has 3 aromatic rings. The lowest BCUT2D eigenvalue weighted by Gasteiger charge is -2.32. The number of hydrogen-bond donors (Lipinski definition) is 1. The maximum Gasteiger partial charge on any atom is 0.219 e. The fourth-order valence-corrected chi connectivity index (χ4v) is 5.05. The third-order valence-corrected chi connectivity index (χ3v) is 7.22. The molecule has 40 heavy (non-hydrogen) atoms. The van der Waals surface area contributed by atoms with Crippen LogP contribution in [0.2, 0.25) is 0 Å². The van der Waals surface area contributed by atoms with Crippen LogP contribution in [0.1, 0.15) is 37.2 Å². The summed E-state index contributed by atoms with van der Waals surface area (Å²) in [4.78, 5) is 20.5. The van der Waals surface area contributed by atoms with Crippen molar-refractivity contribution in [2.75, 3.05) is 46.5 Å². The highest BCUT2D eigenvalue weighted by Gasteiger charge is 2.37. The smallest absolute Gasteiger partial charge is 0.219 e. The Kier molecular flexibility index (Phi) is 10.1. The van der Waals surface area contributed by atoms with Crippen molar-refractivity contribution in [1.29, 1.82) is 0 Å². The molecule has 1 aliphatic heterocycles. The average Bonchev–Trinajstić information content (AvgIpc) is 3.33. The highest BCUT2D eigenvalue weighted by atomic mass is 16.5. The van der Waals surface area contributed by atoms with E-state index in [2.05, 4.69) is 21.4 Å². The number of aliphatic hydroxyl groups is 1. The molecule has 1 aromatic heterocycles. The van der Waals surface area contributed by atoms with Gasteiger partial charge in [0, 0.05) is 58.5 Å². The number of imidazole rings is 1. The summed E-state index contributed by atoms with van der Waals surface area (Å²) in [6.45, 7) is 9.54. The maximum absolute atomic E-state index is 12.3. The molecule has 0 radical (unpaired) electrons. The van der Waals surface area contributed by atoms with Crippen molar-refractivity contribution < 1.29 is 24.1 Å². The van der Waals surface area contributed by atoms with Crippen LogP contribution in [0.25, 0.3) is 0 Å². The number of amides is 1. The molecule has 9 heteroatoms. The molecule has 1 N–H and O–H groups in total. The van der Waals surface area contributed by atoms with Gasteiger partial charge in [-0.2, -0.15) is 0 Å². The minimum Gasteiger partial charge on any atom is -0.493 e. The SMILES string of the molecule is CCc1nccn1CCCOc1ccc(CN2CCN(C(C)=O)CC(O)(COc3ccc(C)cc3)C2)cc1OC. The molecule has 1 unspecified atom stereocenters. The number of rotatable bonds is 12. The number of carbonyl (C=O) groups is 1. The lowest BCUT2D eigenvalue weighted by atomic mass is 10.0. The molecule has 9 nitrogen and oxygen atoms in total. The Balaban J connectivity index is 1.38. The van der Waals surface area contributed by atoms with Gasteiger partial charge in [0.15, 0.2) is 11.5 Å². The summed E-state index contributed by atoms with van der Waals surface area (Å²) in [5, 5.41) is 11.6. The van der Waals surface area contributed by atoms with Crippen molar-refractivity contribution in [3.63, 3.8) is 0 Å². The number of aromatic nitrogens is 2. The summed E-state index contributed by atoms with van der Waals surface area (Å²) in [5.74, 6) is 3.09. The number of nitrogens with zero attached hydrogens (tertiary/aromatic N) is 4. The van der Waals surface area contributed by atoms with Crippen LogP contribution in [-0.2, 0) is 24.3 Å². The first-order chi connectivity index (χ1) is 19.3. The largest absolute Gasteiger partial charge is 0.493 e. The van der Waals surface area contributed by atoms with Crippen LogP contribution < -0.4 is 14.2 Å². The molecule has 1 aliphatic rings. The number of benzene rings is 2. The first-order valence-corrected chi connectivity index (χ1v) is 14.0. The molecule has 1 fully saturated rings. The number of ether oxygens (including phenoxy) is 3. The van der Waals surface area contributed by atoms with Crippen LogP contribution in [-0.4, -0.2) is 82.5 Å². The molecule has 0 bridgehead atoms. The summed E-state index contributed by atoms with van der Waals surface area (Å²) < 4.78 is 19.8. The van der Waals surface area contributed by atoms with Gasteiger partial charge in [0.1, 0.15) is 23.8 Å². The summed E-state index contributed by atoms with van der Waals surface area (Å²) in [6.07, 6.45) is 5.60. The molecule has 1 saturated heterocycles. The Hall–Kier alpha value is -3.56. The molecular formula is C31H42N4O5. The van der Waals surface area contributed by atoms with E-state index in [-0.39, 0.29) is 19.1 Å². The van der Waals surface area contributed by atoms with Crippen molar-refractivity contribution in [1.82, 2.24) is 19.4 Å². The van der Waals surface area contributed by atoms with E-state index in [1.807, 2.05) is 61.8 Å². The maximum atomic E-state index is 12.3. The van der Waals surface area contributed by atoms with Gasteiger partial charge in [-0.25, -0.2) is 4.98 Å². The Morgan fingerprint density at radius 3 is 2.60 bits per heavy atom. The van der Waals surface area contributed by atoms with Gasteiger partial charge in [0.05, 0.1) is 20.3 Å². The Bertz CT molecular complexity index is 1240. The monoisotopic (exact) mass is 550 g/mol. The Morgan fingerprint density at radius 1 is 1.07 bits per heavy atom. The molecule has 1 atom stereocenters. The zero-order valence-corrected chi connectivity index (χ0v) is 24.1. The van der Waals surface area contributed by atoms with E-state index in [4.69, 9.17) is 14.2 Å². The number of methoxy groups -OCH3 is 1. The van der Waals surface area contributed by atoms with E-state index < -0.39 is 5.60 Å². The summed E-state index contributed by atoms with van der Waals surface area (Å²) in [5.41, 5.74) is 0.960. The van der Waals surface area contributed by atoms with Crippen LogP contribution in [0, 0.1) is 6.92 Å². The summed E-state index contributed by atoms with van der Waals surface area (Å²) in [7, 11) is 1.64. The second-order valence-corrected chi connectivity index (χ2v) is 10.6. The Labute approximate surface area is 237 Å². The minimum absolute atomic E-state index is 0.0576. The predicted molar refractivity (Wildman–Crippen MR) is 154 cm³/mol. The number of carbonyl (C=O) groups excluding carboxylic acids is 1. The minimum atomic E-state index is -1.22. The first kappa shape index (κ1) is 29.4. The van der Waals surface area contributed by atoms with E-state index in [1.54, 1.807) is 18.9 Å². The zero-order valence-electron chi connectivity index (χ0n) is 24.1.